The zero-order valence-corrected chi connectivity index (χ0v) is 15.2. The van der Waals surface area contributed by atoms with Gasteiger partial charge in [-0.1, -0.05) is 12.1 Å². The van der Waals surface area contributed by atoms with Gasteiger partial charge < -0.3 is 20.1 Å². The second kappa shape index (κ2) is 11.3. The molecule has 0 aliphatic carbocycles. The van der Waals surface area contributed by atoms with E-state index >= 15 is 0 Å². The Hall–Kier alpha value is -1.34. The Morgan fingerprint density at radius 2 is 2.25 bits per heavy atom. The molecule has 2 rings (SSSR count). The maximum Gasteiger partial charge on any atom is 0.234 e. The van der Waals surface area contributed by atoms with Crippen molar-refractivity contribution in [3.05, 3.63) is 29.8 Å². The summed E-state index contributed by atoms with van der Waals surface area (Å²) in [4.78, 5) is 14.3. The molecule has 1 heterocycles. The van der Waals surface area contributed by atoms with E-state index in [1.54, 1.807) is 7.11 Å². The van der Waals surface area contributed by atoms with Crippen LogP contribution in [-0.2, 0) is 16.1 Å². The lowest BCUT2D eigenvalue weighted by molar-refractivity contribution is -0.123. The molecule has 2 N–H and O–H groups in total. The molecule has 1 fully saturated rings. The molecular weight excluding hydrogens is 330 g/mol. The number of hydrogen-bond donors (Lipinski definition) is 2. The summed E-state index contributed by atoms with van der Waals surface area (Å²) in [7, 11) is 1.65. The zero-order chi connectivity index (χ0) is 16.5. The average Bonchev–Trinajstić information content (AvgIpc) is 2.56. The number of nitrogens with one attached hydrogen (secondary N) is 2. The minimum Gasteiger partial charge on any atom is -0.491 e. The van der Waals surface area contributed by atoms with Crippen molar-refractivity contribution in [3.63, 3.8) is 0 Å². The predicted molar refractivity (Wildman–Crippen MR) is 96.8 cm³/mol. The molecule has 7 heteroatoms. The van der Waals surface area contributed by atoms with Crippen LogP contribution in [0.2, 0.25) is 0 Å². The monoisotopic (exact) mass is 357 g/mol. The average molecular weight is 358 g/mol. The minimum atomic E-state index is 0. The summed E-state index contributed by atoms with van der Waals surface area (Å²) in [5.41, 5.74) is 1.03. The number of amides is 1. The number of halogens is 1. The normalized spacial score (nSPS) is 17.8. The first-order chi connectivity index (χ1) is 11.2. The first kappa shape index (κ1) is 20.7. The van der Waals surface area contributed by atoms with Gasteiger partial charge in [-0.25, -0.2) is 0 Å². The van der Waals surface area contributed by atoms with Crippen molar-refractivity contribution in [1.82, 2.24) is 15.5 Å². The summed E-state index contributed by atoms with van der Waals surface area (Å²) in [6.07, 6.45) is 0. The zero-order valence-electron chi connectivity index (χ0n) is 14.4. The second-order valence-electron chi connectivity index (χ2n) is 5.79. The molecule has 136 valence electrons. The quantitative estimate of drug-likeness (QED) is 0.681. The number of ether oxygens (including phenoxy) is 2. The summed E-state index contributed by atoms with van der Waals surface area (Å²) in [6, 6.07) is 8.16. The molecule has 1 atom stereocenters. The Bertz CT molecular complexity index is 502. The fraction of sp³-hybridized carbons (Fsp3) is 0.588. The fourth-order valence-electron chi connectivity index (χ4n) is 2.55. The highest BCUT2D eigenvalue weighted by Crippen LogP contribution is 2.13. The highest BCUT2D eigenvalue weighted by Gasteiger charge is 2.19. The van der Waals surface area contributed by atoms with E-state index in [2.05, 4.69) is 22.5 Å². The summed E-state index contributed by atoms with van der Waals surface area (Å²) in [6.45, 7) is 6.98. The Morgan fingerprint density at radius 1 is 1.42 bits per heavy atom. The smallest absolute Gasteiger partial charge is 0.234 e. The van der Waals surface area contributed by atoms with Crippen molar-refractivity contribution >= 4 is 18.3 Å². The number of benzene rings is 1. The molecule has 1 aliphatic rings. The van der Waals surface area contributed by atoms with Crippen molar-refractivity contribution in [1.29, 1.82) is 0 Å². The Morgan fingerprint density at radius 3 is 3.00 bits per heavy atom. The Labute approximate surface area is 150 Å². The first-order valence-corrected chi connectivity index (χ1v) is 8.11. The summed E-state index contributed by atoms with van der Waals surface area (Å²) >= 11 is 0. The maximum absolute atomic E-state index is 12.1. The van der Waals surface area contributed by atoms with E-state index < -0.39 is 0 Å². The van der Waals surface area contributed by atoms with Crippen molar-refractivity contribution in [2.24, 2.45) is 0 Å². The minimum absolute atomic E-state index is 0. The molecule has 0 spiro atoms. The number of piperazine rings is 1. The van der Waals surface area contributed by atoms with Crippen LogP contribution in [0.5, 0.6) is 5.75 Å². The molecule has 1 saturated heterocycles. The first-order valence-electron chi connectivity index (χ1n) is 8.11. The molecule has 1 amide bonds. The molecule has 1 aliphatic heterocycles. The van der Waals surface area contributed by atoms with E-state index in [4.69, 9.17) is 9.47 Å². The highest BCUT2D eigenvalue weighted by atomic mass is 35.5. The van der Waals surface area contributed by atoms with E-state index in [9.17, 15) is 4.79 Å². The van der Waals surface area contributed by atoms with Gasteiger partial charge in [0.15, 0.2) is 0 Å². The summed E-state index contributed by atoms with van der Waals surface area (Å²) < 4.78 is 10.5. The van der Waals surface area contributed by atoms with Crippen LogP contribution in [0, 0.1) is 0 Å². The third kappa shape index (κ3) is 7.05. The molecule has 1 aromatic carbocycles. The SMILES string of the molecule is COCCOc1cccc(CNC(=O)CN2CCNC[C@@H]2C)c1.Cl. The lowest BCUT2D eigenvalue weighted by Gasteiger charge is -2.33. The topological polar surface area (TPSA) is 62.8 Å². The van der Waals surface area contributed by atoms with Gasteiger partial charge in [-0.3, -0.25) is 9.69 Å². The van der Waals surface area contributed by atoms with Gasteiger partial charge in [0.1, 0.15) is 12.4 Å². The van der Waals surface area contributed by atoms with Crippen LogP contribution in [0.1, 0.15) is 12.5 Å². The third-order valence-corrected chi connectivity index (χ3v) is 3.93. The number of nitrogens with zero attached hydrogens (tertiary/aromatic N) is 1. The molecule has 0 saturated carbocycles. The van der Waals surface area contributed by atoms with Crippen molar-refractivity contribution in [2.45, 2.75) is 19.5 Å². The number of hydrogen-bond acceptors (Lipinski definition) is 5. The van der Waals surface area contributed by atoms with Crippen LogP contribution >= 0.6 is 12.4 Å². The van der Waals surface area contributed by atoms with Crippen molar-refractivity contribution in [3.8, 4) is 5.75 Å². The number of methoxy groups -OCH3 is 1. The van der Waals surface area contributed by atoms with Crippen molar-refractivity contribution in [2.75, 3.05) is 46.5 Å². The number of rotatable bonds is 8. The maximum atomic E-state index is 12.1. The van der Waals surface area contributed by atoms with E-state index in [1.165, 1.54) is 0 Å². The molecular formula is C17H28ClN3O3. The summed E-state index contributed by atoms with van der Waals surface area (Å²) in [5, 5.41) is 6.31. The molecule has 0 aromatic heterocycles. The van der Waals surface area contributed by atoms with Gasteiger partial charge in [0, 0.05) is 39.3 Å². The largest absolute Gasteiger partial charge is 0.491 e. The molecule has 1 aromatic rings. The third-order valence-electron chi connectivity index (χ3n) is 3.93. The van der Waals surface area contributed by atoms with Crippen LogP contribution in [0.15, 0.2) is 24.3 Å². The fourth-order valence-corrected chi connectivity index (χ4v) is 2.55. The van der Waals surface area contributed by atoms with Gasteiger partial charge in [0.05, 0.1) is 13.2 Å². The van der Waals surface area contributed by atoms with E-state index in [0.717, 1.165) is 30.9 Å². The van der Waals surface area contributed by atoms with Gasteiger partial charge in [-0.2, -0.15) is 0 Å². The standard InChI is InChI=1S/C17H27N3O3.ClH/c1-14-11-18-6-7-20(14)13-17(21)19-12-15-4-3-5-16(10-15)23-9-8-22-2;/h3-5,10,14,18H,6-9,11-13H2,1-2H3,(H,19,21);1H/t14-;/m0./s1. The van der Waals surface area contributed by atoms with E-state index in [1.807, 2.05) is 24.3 Å². The van der Waals surface area contributed by atoms with Crippen LogP contribution in [0.25, 0.3) is 0 Å². The van der Waals surface area contributed by atoms with Gasteiger partial charge in [0.25, 0.3) is 0 Å². The van der Waals surface area contributed by atoms with Gasteiger partial charge in [-0.15, -0.1) is 12.4 Å². The Kier molecular flexibility index (Phi) is 9.71. The second-order valence-corrected chi connectivity index (χ2v) is 5.79. The van der Waals surface area contributed by atoms with Crippen LogP contribution < -0.4 is 15.4 Å². The predicted octanol–water partition coefficient (Wildman–Crippen LogP) is 1.04. The lowest BCUT2D eigenvalue weighted by atomic mass is 10.2. The van der Waals surface area contributed by atoms with E-state index in [-0.39, 0.29) is 18.3 Å². The number of carbonyl (C=O) groups excluding carboxylic acids is 1. The molecule has 0 unspecified atom stereocenters. The molecule has 0 radical (unpaired) electrons. The van der Waals surface area contributed by atoms with Gasteiger partial charge in [-0.05, 0) is 24.6 Å². The van der Waals surface area contributed by atoms with Crippen LogP contribution in [-0.4, -0.2) is 63.4 Å². The van der Waals surface area contributed by atoms with Gasteiger partial charge >= 0.3 is 0 Å². The number of carbonyl (C=O) groups is 1. The summed E-state index contributed by atoms with van der Waals surface area (Å²) in [5.74, 6) is 0.856. The van der Waals surface area contributed by atoms with Crippen LogP contribution in [0.4, 0.5) is 0 Å². The molecule has 24 heavy (non-hydrogen) atoms. The Balaban J connectivity index is 0.00000288. The van der Waals surface area contributed by atoms with Crippen LogP contribution in [0.3, 0.4) is 0 Å². The molecule has 0 bridgehead atoms. The van der Waals surface area contributed by atoms with Gasteiger partial charge in [0.2, 0.25) is 5.91 Å². The highest BCUT2D eigenvalue weighted by molar-refractivity contribution is 5.85. The lowest BCUT2D eigenvalue weighted by Crippen LogP contribution is -2.52. The van der Waals surface area contributed by atoms with E-state index in [0.29, 0.717) is 32.3 Å². The van der Waals surface area contributed by atoms with Crippen molar-refractivity contribution < 1.29 is 14.3 Å². The molecule has 6 nitrogen and oxygen atoms in total.